The number of allylic oxidation sites excluding steroid dienone is 3. The van der Waals surface area contributed by atoms with E-state index < -0.39 is 0 Å². The zero-order chi connectivity index (χ0) is 10.8. The maximum Gasteiger partial charge on any atom is 0.142 e. The number of fused-ring (bicyclic) bond motifs is 2. The monoisotopic (exact) mass is 208 g/mol. The van der Waals surface area contributed by atoms with Gasteiger partial charge >= 0.3 is 0 Å². The smallest absolute Gasteiger partial charge is 0.142 e. The summed E-state index contributed by atoms with van der Waals surface area (Å²) in [6.07, 6.45) is 14.1. The Labute approximate surface area is 94.4 Å². The van der Waals surface area contributed by atoms with Gasteiger partial charge in [0.05, 0.1) is 6.26 Å². The quantitative estimate of drug-likeness (QED) is 0.630. The van der Waals surface area contributed by atoms with Crippen LogP contribution in [0.1, 0.15) is 0 Å². The van der Waals surface area contributed by atoms with Crippen molar-refractivity contribution in [2.45, 2.75) is 6.10 Å². The fraction of sp³-hybridized carbons (Fsp3) is 0.0667. The molecule has 0 aromatic heterocycles. The summed E-state index contributed by atoms with van der Waals surface area (Å²) in [6.45, 7) is 0. The second-order valence-corrected chi connectivity index (χ2v) is 3.84. The molecule has 0 amide bonds. The summed E-state index contributed by atoms with van der Waals surface area (Å²) in [5.74, 6) is 0. The van der Waals surface area contributed by atoms with Gasteiger partial charge in [-0.2, -0.15) is 0 Å². The van der Waals surface area contributed by atoms with E-state index in [0.29, 0.717) is 0 Å². The Morgan fingerprint density at radius 3 is 2.94 bits per heavy atom. The first kappa shape index (κ1) is 9.22. The Morgan fingerprint density at radius 1 is 1.00 bits per heavy atom. The lowest BCUT2D eigenvalue weighted by Crippen LogP contribution is -2.31. The van der Waals surface area contributed by atoms with Gasteiger partial charge in [0.1, 0.15) is 6.10 Å². The minimum Gasteiger partial charge on any atom is -0.489 e. The fourth-order valence-electron chi connectivity index (χ4n) is 2.06. The summed E-state index contributed by atoms with van der Waals surface area (Å²) < 4.78 is 5.66. The highest BCUT2D eigenvalue weighted by Crippen LogP contribution is 2.15. The molecule has 1 atom stereocenters. The molecular formula is C15H12O. The SMILES string of the molecule is C1=COC2C=CC=C/C2=c2\ccccc2=C1. The van der Waals surface area contributed by atoms with Crippen LogP contribution in [0.3, 0.4) is 0 Å². The molecule has 1 heterocycles. The van der Waals surface area contributed by atoms with Crippen LogP contribution in [0, 0.1) is 0 Å². The van der Waals surface area contributed by atoms with Crippen molar-refractivity contribution in [3.8, 4) is 0 Å². The molecule has 1 heteroatoms. The van der Waals surface area contributed by atoms with Crippen LogP contribution in [0.15, 0.2) is 60.9 Å². The molecule has 2 aliphatic rings. The van der Waals surface area contributed by atoms with Crippen molar-refractivity contribution in [1.82, 2.24) is 0 Å². The third-order valence-electron chi connectivity index (χ3n) is 2.83. The number of hydrogen-bond acceptors (Lipinski definition) is 1. The largest absolute Gasteiger partial charge is 0.489 e. The topological polar surface area (TPSA) is 9.23 Å². The van der Waals surface area contributed by atoms with Gasteiger partial charge < -0.3 is 4.74 Å². The highest BCUT2D eigenvalue weighted by molar-refractivity contribution is 5.66. The van der Waals surface area contributed by atoms with E-state index in [2.05, 4.69) is 48.6 Å². The van der Waals surface area contributed by atoms with Crippen LogP contribution in [-0.2, 0) is 4.74 Å². The first-order chi connectivity index (χ1) is 7.95. The van der Waals surface area contributed by atoms with E-state index in [0.717, 1.165) is 0 Å². The zero-order valence-corrected chi connectivity index (χ0v) is 8.84. The highest BCUT2D eigenvalue weighted by Gasteiger charge is 2.12. The van der Waals surface area contributed by atoms with Gasteiger partial charge in [-0.15, -0.1) is 0 Å². The van der Waals surface area contributed by atoms with E-state index in [1.807, 2.05) is 12.2 Å². The molecule has 1 aliphatic carbocycles. The standard InChI is InChI=1S/C15H12O/c1-2-8-13-12(6-1)7-5-11-16-15-10-4-3-9-14(13)15/h1-11,15H/b11-5?,12-7?,14-13-. The number of ether oxygens (including phenoxy) is 1. The van der Waals surface area contributed by atoms with Crippen LogP contribution >= 0.6 is 0 Å². The van der Waals surface area contributed by atoms with Gasteiger partial charge in [-0.25, -0.2) is 0 Å². The molecule has 1 aliphatic heterocycles. The maximum atomic E-state index is 5.66. The molecule has 0 fully saturated rings. The predicted octanol–water partition coefficient (Wildman–Crippen LogP) is 1.66. The van der Waals surface area contributed by atoms with Gasteiger partial charge in [-0.1, -0.05) is 48.6 Å². The van der Waals surface area contributed by atoms with E-state index in [-0.39, 0.29) is 6.10 Å². The molecule has 1 aromatic rings. The first-order valence-corrected chi connectivity index (χ1v) is 5.41. The molecule has 3 rings (SSSR count). The minimum absolute atomic E-state index is 0.0381. The Kier molecular flexibility index (Phi) is 2.22. The van der Waals surface area contributed by atoms with Crippen molar-refractivity contribution >= 4 is 11.6 Å². The van der Waals surface area contributed by atoms with E-state index in [4.69, 9.17) is 4.74 Å². The van der Waals surface area contributed by atoms with Gasteiger partial charge in [-0.3, -0.25) is 0 Å². The molecule has 0 radical (unpaired) electrons. The third kappa shape index (κ3) is 1.50. The lowest BCUT2D eigenvalue weighted by molar-refractivity contribution is 0.235. The summed E-state index contributed by atoms with van der Waals surface area (Å²) in [7, 11) is 0. The number of benzene rings is 1. The second-order valence-electron chi connectivity index (χ2n) is 3.84. The lowest BCUT2D eigenvalue weighted by atomic mass is 10.00. The van der Waals surface area contributed by atoms with Gasteiger partial charge in [0.15, 0.2) is 0 Å². The molecule has 78 valence electrons. The molecule has 1 unspecified atom stereocenters. The second kappa shape index (κ2) is 3.86. The molecule has 16 heavy (non-hydrogen) atoms. The van der Waals surface area contributed by atoms with Crippen LogP contribution < -0.4 is 10.4 Å². The molecule has 0 spiro atoms. The Hall–Kier alpha value is -2.02. The van der Waals surface area contributed by atoms with Crippen LogP contribution in [0.2, 0.25) is 0 Å². The van der Waals surface area contributed by atoms with Crippen molar-refractivity contribution in [2.24, 2.45) is 0 Å². The van der Waals surface area contributed by atoms with Gasteiger partial charge in [0.25, 0.3) is 0 Å². The Morgan fingerprint density at radius 2 is 1.94 bits per heavy atom. The van der Waals surface area contributed by atoms with Crippen molar-refractivity contribution < 1.29 is 4.74 Å². The predicted molar refractivity (Wildman–Crippen MR) is 65.9 cm³/mol. The van der Waals surface area contributed by atoms with E-state index in [1.54, 1.807) is 6.26 Å². The van der Waals surface area contributed by atoms with E-state index in [1.165, 1.54) is 16.0 Å². The third-order valence-corrected chi connectivity index (χ3v) is 2.83. The fourth-order valence-corrected chi connectivity index (χ4v) is 2.06. The first-order valence-electron chi connectivity index (χ1n) is 5.41. The summed E-state index contributed by atoms with van der Waals surface area (Å²) in [5, 5.41) is 2.49. The zero-order valence-electron chi connectivity index (χ0n) is 8.84. The van der Waals surface area contributed by atoms with Crippen LogP contribution in [-0.4, -0.2) is 6.10 Å². The maximum absolute atomic E-state index is 5.66. The Bertz CT molecular complexity index is 603. The molecule has 0 saturated heterocycles. The highest BCUT2D eigenvalue weighted by atomic mass is 16.5. The summed E-state index contributed by atoms with van der Waals surface area (Å²) in [4.78, 5) is 0. The lowest BCUT2D eigenvalue weighted by Gasteiger charge is -2.17. The van der Waals surface area contributed by atoms with Crippen LogP contribution in [0.25, 0.3) is 11.6 Å². The van der Waals surface area contributed by atoms with Crippen molar-refractivity contribution in [3.63, 3.8) is 0 Å². The molecule has 0 N–H and O–H groups in total. The van der Waals surface area contributed by atoms with Crippen LogP contribution in [0.4, 0.5) is 0 Å². The minimum atomic E-state index is 0.0381. The molecule has 1 aromatic carbocycles. The van der Waals surface area contributed by atoms with Gasteiger partial charge in [-0.05, 0) is 22.6 Å². The molecule has 0 saturated carbocycles. The number of hydrogen-bond donors (Lipinski definition) is 0. The molecule has 0 bridgehead atoms. The van der Waals surface area contributed by atoms with Gasteiger partial charge in [0.2, 0.25) is 0 Å². The number of rotatable bonds is 0. The van der Waals surface area contributed by atoms with Gasteiger partial charge in [0, 0.05) is 5.57 Å². The van der Waals surface area contributed by atoms with Crippen molar-refractivity contribution in [1.29, 1.82) is 0 Å². The normalized spacial score (nSPS) is 24.6. The van der Waals surface area contributed by atoms with Crippen molar-refractivity contribution in [3.05, 3.63) is 71.3 Å². The van der Waals surface area contributed by atoms with E-state index >= 15 is 0 Å². The average molecular weight is 208 g/mol. The van der Waals surface area contributed by atoms with Crippen LogP contribution in [0.5, 0.6) is 0 Å². The summed E-state index contributed by atoms with van der Waals surface area (Å²) in [5.41, 5.74) is 1.22. The summed E-state index contributed by atoms with van der Waals surface area (Å²) >= 11 is 0. The van der Waals surface area contributed by atoms with Crippen molar-refractivity contribution in [2.75, 3.05) is 0 Å². The molecular weight excluding hydrogens is 196 g/mol. The molecule has 1 nitrogen and oxygen atoms in total. The average Bonchev–Trinajstić information content (AvgIpc) is 2.33. The Balaban J connectivity index is 2.40. The van der Waals surface area contributed by atoms with E-state index in [9.17, 15) is 0 Å². The summed E-state index contributed by atoms with van der Waals surface area (Å²) in [6, 6.07) is 8.39.